The van der Waals surface area contributed by atoms with Crippen LogP contribution in [0.25, 0.3) is 0 Å². The van der Waals surface area contributed by atoms with Crippen LogP contribution in [0.4, 0.5) is 18.9 Å². The summed E-state index contributed by atoms with van der Waals surface area (Å²) in [5.74, 6) is -2.67. The van der Waals surface area contributed by atoms with E-state index in [4.69, 9.17) is 0 Å². The van der Waals surface area contributed by atoms with Crippen LogP contribution in [-0.4, -0.2) is 24.7 Å². The molecule has 1 heterocycles. The lowest BCUT2D eigenvalue weighted by molar-refractivity contribution is -0.114. The fraction of sp³-hybridized carbons (Fsp3) is 0.200. The molecule has 1 aliphatic rings. The van der Waals surface area contributed by atoms with Gasteiger partial charge in [-0.15, -0.1) is 0 Å². The highest BCUT2D eigenvalue weighted by Crippen LogP contribution is 2.29. The zero-order chi connectivity index (χ0) is 11.9. The molecule has 0 N–H and O–H groups in total. The molecule has 0 aliphatic carbocycles. The van der Waals surface area contributed by atoms with E-state index >= 15 is 0 Å². The maximum atomic E-state index is 12.8. The number of ketones is 1. The Morgan fingerprint density at radius 1 is 1.25 bits per heavy atom. The first-order valence-corrected chi connectivity index (χ1v) is 4.44. The van der Waals surface area contributed by atoms with Crippen molar-refractivity contribution in [1.82, 2.24) is 0 Å². The van der Waals surface area contributed by atoms with Gasteiger partial charge in [0.15, 0.2) is 0 Å². The average molecular weight is 229 g/mol. The first kappa shape index (κ1) is 10.7. The molecular formula is C10H6F3NO2. The number of benzene rings is 1. The molecule has 0 radical (unpaired) electrons. The van der Waals surface area contributed by atoms with Crippen molar-refractivity contribution < 1.29 is 22.8 Å². The minimum absolute atomic E-state index is 0.0386. The SMILES string of the molecule is O=C1C(=O)N(CC(F)F)c2ccc(F)cc21. The third kappa shape index (κ3) is 1.56. The Labute approximate surface area is 88.5 Å². The summed E-state index contributed by atoms with van der Waals surface area (Å²) in [4.78, 5) is 23.3. The number of hydrogen-bond acceptors (Lipinski definition) is 2. The van der Waals surface area contributed by atoms with Gasteiger partial charge in [0.25, 0.3) is 18.1 Å². The molecule has 84 valence electrons. The number of carbonyl (C=O) groups excluding carboxylic acids is 2. The lowest BCUT2D eigenvalue weighted by Gasteiger charge is -2.15. The molecule has 3 nitrogen and oxygen atoms in total. The Morgan fingerprint density at radius 2 is 1.94 bits per heavy atom. The monoisotopic (exact) mass is 229 g/mol. The summed E-state index contributed by atoms with van der Waals surface area (Å²) in [5, 5.41) is 0. The molecule has 0 spiro atoms. The van der Waals surface area contributed by atoms with E-state index in [1.54, 1.807) is 0 Å². The fourth-order valence-electron chi connectivity index (χ4n) is 1.59. The third-order valence-corrected chi connectivity index (χ3v) is 2.25. The number of rotatable bonds is 2. The summed E-state index contributed by atoms with van der Waals surface area (Å²) in [6.07, 6.45) is -2.74. The molecule has 0 saturated carbocycles. The molecule has 0 atom stereocenters. The molecule has 0 bridgehead atoms. The number of Topliss-reactive ketones (excluding diaryl/α,β-unsaturated/α-hetero) is 1. The largest absolute Gasteiger partial charge is 0.299 e. The maximum absolute atomic E-state index is 12.8. The van der Waals surface area contributed by atoms with E-state index in [0.29, 0.717) is 4.90 Å². The quantitative estimate of drug-likeness (QED) is 0.722. The van der Waals surface area contributed by atoms with E-state index in [1.165, 1.54) is 0 Å². The van der Waals surface area contributed by atoms with Crippen molar-refractivity contribution >= 4 is 17.4 Å². The highest BCUT2D eigenvalue weighted by atomic mass is 19.3. The Hall–Kier alpha value is -1.85. The fourth-order valence-corrected chi connectivity index (χ4v) is 1.59. The molecular weight excluding hydrogens is 223 g/mol. The van der Waals surface area contributed by atoms with E-state index in [-0.39, 0.29) is 11.3 Å². The second-order valence-corrected chi connectivity index (χ2v) is 3.30. The number of carbonyl (C=O) groups is 2. The van der Waals surface area contributed by atoms with Gasteiger partial charge in [0.2, 0.25) is 0 Å². The first-order chi connectivity index (χ1) is 7.50. The summed E-state index contributed by atoms with van der Waals surface area (Å²) < 4.78 is 37.2. The average Bonchev–Trinajstić information content (AvgIpc) is 2.43. The van der Waals surface area contributed by atoms with E-state index < -0.39 is 30.5 Å². The predicted octanol–water partition coefficient (Wildman–Crippen LogP) is 1.62. The number of fused-ring (bicyclic) bond motifs is 1. The van der Waals surface area contributed by atoms with Crippen LogP contribution in [0.2, 0.25) is 0 Å². The number of halogens is 3. The topological polar surface area (TPSA) is 37.4 Å². The van der Waals surface area contributed by atoms with Gasteiger partial charge in [-0.3, -0.25) is 14.5 Å². The maximum Gasteiger partial charge on any atom is 0.299 e. The van der Waals surface area contributed by atoms with E-state index in [9.17, 15) is 22.8 Å². The normalized spacial score (nSPS) is 14.9. The summed E-state index contributed by atoms with van der Waals surface area (Å²) in [6.45, 7) is -0.858. The summed E-state index contributed by atoms with van der Waals surface area (Å²) >= 11 is 0. The molecule has 2 rings (SSSR count). The minimum atomic E-state index is -2.74. The second-order valence-electron chi connectivity index (χ2n) is 3.30. The number of anilines is 1. The van der Waals surface area contributed by atoms with Gasteiger partial charge >= 0.3 is 0 Å². The molecule has 6 heteroatoms. The van der Waals surface area contributed by atoms with Crippen molar-refractivity contribution in [3.05, 3.63) is 29.6 Å². The summed E-state index contributed by atoms with van der Waals surface area (Å²) in [6, 6.07) is 3.04. The summed E-state index contributed by atoms with van der Waals surface area (Å²) in [7, 11) is 0. The number of alkyl halides is 2. The smallest absolute Gasteiger partial charge is 0.299 e. The van der Waals surface area contributed by atoms with E-state index in [1.807, 2.05) is 0 Å². The third-order valence-electron chi connectivity index (χ3n) is 2.25. The van der Waals surface area contributed by atoms with Crippen LogP contribution < -0.4 is 4.90 Å². The van der Waals surface area contributed by atoms with Crippen LogP contribution in [0.1, 0.15) is 10.4 Å². The van der Waals surface area contributed by atoms with Crippen LogP contribution in [0.5, 0.6) is 0 Å². The molecule has 0 aromatic heterocycles. The van der Waals surface area contributed by atoms with Crippen LogP contribution in [0, 0.1) is 5.82 Å². The van der Waals surface area contributed by atoms with Gasteiger partial charge in [0.1, 0.15) is 5.82 Å². The molecule has 1 amide bonds. The van der Waals surface area contributed by atoms with Crippen molar-refractivity contribution in [1.29, 1.82) is 0 Å². The lowest BCUT2D eigenvalue weighted by Crippen LogP contribution is -2.33. The van der Waals surface area contributed by atoms with E-state index in [0.717, 1.165) is 18.2 Å². The highest BCUT2D eigenvalue weighted by Gasteiger charge is 2.37. The first-order valence-electron chi connectivity index (χ1n) is 4.44. The predicted molar refractivity (Wildman–Crippen MR) is 49.1 cm³/mol. The van der Waals surface area contributed by atoms with Crippen molar-refractivity contribution in [2.45, 2.75) is 6.43 Å². The van der Waals surface area contributed by atoms with Crippen molar-refractivity contribution in [2.24, 2.45) is 0 Å². The lowest BCUT2D eigenvalue weighted by atomic mass is 10.1. The standard InChI is InChI=1S/C10H6F3NO2/c11-5-1-2-7-6(3-5)9(15)10(16)14(7)4-8(12)13/h1-3,8H,4H2. The Balaban J connectivity index is 2.46. The van der Waals surface area contributed by atoms with Crippen LogP contribution in [-0.2, 0) is 4.79 Å². The van der Waals surface area contributed by atoms with Gasteiger partial charge in [-0.05, 0) is 18.2 Å². The highest BCUT2D eigenvalue weighted by molar-refractivity contribution is 6.52. The van der Waals surface area contributed by atoms with E-state index in [2.05, 4.69) is 0 Å². The summed E-state index contributed by atoms with van der Waals surface area (Å²) in [5.41, 5.74) is -0.123. The van der Waals surface area contributed by atoms with Crippen molar-refractivity contribution in [3.63, 3.8) is 0 Å². The molecule has 0 fully saturated rings. The Kier molecular flexibility index (Phi) is 2.41. The molecule has 0 saturated heterocycles. The van der Waals surface area contributed by atoms with Crippen LogP contribution in [0.3, 0.4) is 0 Å². The van der Waals surface area contributed by atoms with Crippen molar-refractivity contribution in [2.75, 3.05) is 11.4 Å². The van der Waals surface area contributed by atoms with Gasteiger partial charge in [-0.1, -0.05) is 0 Å². The van der Waals surface area contributed by atoms with Gasteiger partial charge in [-0.2, -0.15) is 0 Å². The Bertz CT molecular complexity index is 473. The van der Waals surface area contributed by atoms with Gasteiger partial charge in [0.05, 0.1) is 17.8 Å². The van der Waals surface area contributed by atoms with Gasteiger partial charge < -0.3 is 0 Å². The zero-order valence-corrected chi connectivity index (χ0v) is 7.91. The number of nitrogens with zero attached hydrogens (tertiary/aromatic N) is 1. The van der Waals surface area contributed by atoms with Crippen molar-refractivity contribution in [3.8, 4) is 0 Å². The molecule has 1 aromatic carbocycles. The van der Waals surface area contributed by atoms with Gasteiger partial charge in [0, 0.05) is 0 Å². The van der Waals surface area contributed by atoms with Crippen LogP contribution >= 0.6 is 0 Å². The van der Waals surface area contributed by atoms with Crippen LogP contribution in [0.15, 0.2) is 18.2 Å². The molecule has 16 heavy (non-hydrogen) atoms. The zero-order valence-electron chi connectivity index (χ0n) is 7.91. The van der Waals surface area contributed by atoms with Gasteiger partial charge in [-0.25, -0.2) is 13.2 Å². The number of amides is 1. The second kappa shape index (κ2) is 3.62. The Morgan fingerprint density at radius 3 is 2.56 bits per heavy atom. The molecule has 1 aliphatic heterocycles. The number of hydrogen-bond donors (Lipinski definition) is 0. The molecule has 0 unspecified atom stereocenters. The minimum Gasteiger partial charge on any atom is -0.299 e. The molecule has 1 aromatic rings.